The normalized spacial score (nSPS) is 16.3. The van der Waals surface area contributed by atoms with Crippen LogP contribution < -0.4 is 10.2 Å². The van der Waals surface area contributed by atoms with E-state index in [0.29, 0.717) is 11.5 Å². The summed E-state index contributed by atoms with van der Waals surface area (Å²) in [6.45, 7) is 3.58. The minimum Gasteiger partial charge on any atom is -0.365 e. The van der Waals surface area contributed by atoms with Gasteiger partial charge < -0.3 is 10.2 Å². The molecule has 8 nitrogen and oxygen atoms in total. The van der Waals surface area contributed by atoms with Crippen LogP contribution in [0.5, 0.6) is 0 Å². The van der Waals surface area contributed by atoms with Crippen molar-refractivity contribution >= 4 is 22.8 Å². The average molecular weight is 384 g/mol. The van der Waals surface area contributed by atoms with Gasteiger partial charge in [0.1, 0.15) is 11.6 Å². The molecular weight excluding hydrogens is 364 g/mol. The zero-order valence-electron chi connectivity index (χ0n) is 16.0. The number of hydrogen-bond acceptors (Lipinski definition) is 8. The highest BCUT2D eigenvalue weighted by atomic mass is 15.3. The van der Waals surface area contributed by atoms with Gasteiger partial charge in [0.15, 0.2) is 5.65 Å². The van der Waals surface area contributed by atoms with Crippen molar-refractivity contribution in [1.82, 2.24) is 29.9 Å². The Morgan fingerprint density at radius 3 is 2.83 bits per heavy atom. The summed E-state index contributed by atoms with van der Waals surface area (Å²) in [7, 11) is 0. The molecule has 1 fully saturated rings. The fourth-order valence-corrected chi connectivity index (χ4v) is 3.61. The van der Waals surface area contributed by atoms with E-state index < -0.39 is 0 Å². The SMILES string of the molecule is Cc1nc(NC2CCN(c3nccc(-c4cccnc4)n3)C2)c2cccnc2n1. The van der Waals surface area contributed by atoms with Crippen LogP contribution in [-0.4, -0.2) is 49.0 Å². The van der Waals surface area contributed by atoms with Gasteiger partial charge in [-0.05, 0) is 43.7 Å². The van der Waals surface area contributed by atoms with Crippen molar-refractivity contribution in [2.45, 2.75) is 19.4 Å². The summed E-state index contributed by atoms with van der Waals surface area (Å²) in [4.78, 5) is 29.0. The van der Waals surface area contributed by atoms with E-state index in [-0.39, 0.29) is 6.04 Å². The predicted molar refractivity (Wildman–Crippen MR) is 112 cm³/mol. The van der Waals surface area contributed by atoms with E-state index in [2.05, 4.69) is 35.1 Å². The number of pyridine rings is 2. The number of nitrogens with one attached hydrogen (secondary N) is 1. The second-order valence-corrected chi connectivity index (χ2v) is 7.05. The predicted octanol–water partition coefficient (Wildman–Crippen LogP) is 2.88. The first-order valence-electron chi connectivity index (χ1n) is 9.60. The third kappa shape index (κ3) is 3.56. The largest absolute Gasteiger partial charge is 0.365 e. The van der Waals surface area contributed by atoms with Crippen LogP contribution in [0.4, 0.5) is 11.8 Å². The molecule has 1 atom stereocenters. The molecule has 5 heterocycles. The molecule has 1 saturated heterocycles. The van der Waals surface area contributed by atoms with Crippen LogP contribution in [0.25, 0.3) is 22.3 Å². The molecule has 1 unspecified atom stereocenters. The van der Waals surface area contributed by atoms with E-state index >= 15 is 0 Å². The maximum absolute atomic E-state index is 4.74. The van der Waals surface area contributed by atoms with Gasteiger partial charge in [0.25, 0.3) is 0 Å². The van der Waals surface area contributed by atoms with E-state index in [1.165, 1.54) is 0 Å². The van der Waals surface area contributed by atoms with Crippen molar-refractivity contribution in [1.29, 1.82) is 0 Å². The molecule has 4 aromatic rings. The quantitative estimate of drug-likeness (QED) is 0.574. The molecule has 1 aliphatic heterocycles. The number of nitrogens with zero attached hydrogens (tertiary/aromatic N) is 7. The van der Waals surface area contributed by atoms with E-state index in [0.717, 1.165) is 47.9 Å². The Hall–Kier alpha value is -3.68. The molecule has 1 N–H and O–H groups in total. The Bertz CT molecular complexity index is 1150. The number of anilines is 2. The standard InChI is InChI=1S/C21H20N8/c1-14-25-19-17(5-3-9-23-19)20(26-14)27-16-7-11-29(13-16)21-24-10-6-18(28-21)15-4-2-8-22-12-15/h2-6,8-10,12,16H,7,11,13H2,1H3,(H,23,25,26,27). The lowest BCUT2D eigenvalue weighted by Crippen LogP contribution is -2.27. The van der Waals surface area contributed by atoms with Gasteiger partial charge in [0, 0.05) is 49.5 Å². The Balaban J connectivity index is 1.35. The lowest BCUT2D eigenvalue weighted by atomic mass is 10.2. The molecule has 0 spiro atoms. The van der Waals surface area contributed by atoms with E-state index in [4.69, 9.17) is 4.98 Å². The van der Waals surface area contributed by atoms with Gasteiger partial charge in [0.05, 0.1) is 11.1 Å². The van der Waals surface area contributed by atoms with Crippen molar-refractivity contribution in [2.75, 3.05) is 23.3 Å². The van der Waals surface area contributed by atoms with Crippen LogP contribution in [0.1, 0.15) is 12.2 Å². The first-order chi connectivity index (χ1) is 14.3. The lowest BCUT2D eigenvalue weighted by molar-refractivity contribution is 0.797. The highest BCUT2D eigenvalue weighted by Crippen LogP contribution is 2.24. The second-order valence-electron chi connectivity index (χ2n) is 7.05. The number of fused-ring (bicyclic) bond motifs is 1. The van der Waals surface area contributed by atoms with Crippen LogP contribution in [0, 0.1) is 6.92 Å². The maximum atomic E-state index is 4.74. The van der Waals surface area contributed by atoms with Gasteiger partial charge >= 0.3 is 0 Å². The molecule has 0 saturated carbocycles. The molecule has 0 amide bonds. The molecule has 1 aliphatic rings. The van der Waals surface area contributed by atoms with Gasteiger partial charge in [-0.3, -0.25) is 4.98 Å². The van der Waals surface area contributed by atoms with Crippen LogP contribution in [0.2, 0.25) is 0 Å². The van der Waals surface area contributed by atoms with E-state index in [9.17, 15) is 0 Å². The number of aryl methyl sites for hydroxylation is 1. The van der Waals surface area contributed by atoms with Crippen molar-refractivity contribution in [3.63, 3.8) is 0 Å². The highest BCUT2D eigenvalue weighted by Gasteiger charge is 2.25. The smallest absolute Gasteiger partial charge is 0.225 e. The van der Waals surface area contributed by atoms with Crippen molar-refractivity contribution in [2.24, 2.45) is 0 Å². The van der Waals surface area contributed by atoms with Crippen molar-refractivity contribution < 1.29 is 0 Å². The van der Waals surface area contributed by atoms with Crippen molar-refractivity contribution in [3.8, 4) is 11.3 Å². The Kier molecular flexibility index (Phi) is 4.44. The minimum absolute atomic E-state index is 0.248. The van der Waals surface area contributed by atoms with Gasteiger partial charge in [-0.15, -0.1) is 0 Å². The molecule has 5 rings (SSSR count). The van der Waals surface area contributed by atoms with Crippen LogP contribution in [-0.2, 0) is 0 Å². The summed E-state index contributed by atoms with van der Waals surface area (Å²) in [5.74, 6) is 2.28. The Morgan fingerprint density at radius 1 is 1.00 bits per heavy atom. The van der Waals surface area contributed by atoms with E-state index in [1.807, 2.05) is 43.5 Å². The van der Waals surface area contributed by atoms with Crippen LogP contribution in [0.15, 0.2) is 55.1 Å². The van der Waals surface area contributed by atoms with Crippen LogP contribution in [0.3, 0.4) is 0 Å². The van der Waals surface area contributed by atoms with Crippen molar-refractivity contribution in [3.05, 3.63) is 60.9 Å². The molecular formula is C21H20N8. The molecule has 29 heavy (non-hydrogen) atoms. The third-order valence-corrected chi connectivity index (χ3v) is 5.00. The fraction of sp³-hybridized carbons (Fsp3) is 0.238. The molecule has 0 aromatic carbocycles. The summed E-state index contributed by atoms with van der Waals surface area (Å²) < 4.78 is 0. The summed E-state index contributed by atoms with van der Waals surface area (Å²) in [5, 5.41) is 4.51. The Morgan fingerprint density at radius 2 is 1.93 bits per heavy atom. The molecule has 0 bridgehead atoms. The number of hydrogen-bond donors (Lipinski definition) is 1. The van der Waals surface area contributed by atoms with Gasteiger partial charge in [-0.25, -0.2) is 24.9 Å². The zero-order valence-corrected chi connectivity index (χ0v) is 16.0. The lowest BCUT2D eigenvalue weighted by Gasteiger charge is -2.18. The van der Waals surface area contributed by atoms with E-state index in [1.54, 1.807) is 18.6 Å². The maximum Gasteiger partial charge on any atom is 0.225 e. The Labute approximate surface area is 168 Å². The fourth-order valence-electron chi connectivity index (χ4n) is 3.61. The molecule has 0 aliphatic carbocycles. The summed E-state index contributed by atoms with van der Waals surface area (Å²) in [6, 6.07) is 9.98. The van der Waals surface area contributed by atoms with Gasteiger partial charge in [-0.1, -0.05) is 0 Å². The van der Waals surface area contributed by atoms with Gasteiger partial charge in [0.2, 0.25) is 5.95 Å². The number of rotatable bonds is 4. The first kappa shape index (κ1) is 17.4. The molecule has 4 aromatic heterocycles. The second kappa shape index (κ2) is 7.38. The van der Waals surface area contributed by atoms with Gasteiger partial charge in [-0.2, -0.15) is 0 Å². The topological polar surface area (TPSA) is 92.6 Å². The average Bonchev–Trinajstić information content (AvgIpc) is 3.23. The first-order valence-corrected chi connectivity index (χ1v) is 9.60. The monoisotopic (exact) mass is 384 g/mol. The summed E-state index contributed by atoms with van der Waals surface area (Å²) >= 11 is 0. The molecule has 0 radical (unpaired) electrons. The summed E-state index contributed by atoms with van der Waals surface area (Å²) in [5.41, 5.74) is 2.58. The molecule has 8 heteroatoms. The highest BCUT2D eigenvalue weighted by molar-refractivity contribution is 5.86. The third-order valence-electron chi connectivity index (χ3n) is 5.00. The minimum atomic E-state index is 0.248. The van der Waals surface area contributed by atoms with Crippen LogP contribution >= 0.6 is 0 Å². The molecule has 144 valence electrons. The summed E-state index contributed by atoms with van der Waals surface area (Å²) in [6.07, 6.45) is 8.11. The zero-order chi connectivity index (χ0) is 19.6. The number of aromatic nitrogens is 6.